The van der Waals surface area contributed by atoms with Crippen LogP contribution in [0.1, 0.15) is 44.2 Å². The predicted molar refractivity (Wildman–Crippen MR) is 116 cm³/mol. The van der Waals surface area contributed by atoms with Crippen LogP contribution >= 0.6 is 12.2 Å². The van der Waals surface area contributed by atoms with E-state index in [-0.39, 0.29) is 10.7 Å². The number of thiocarbonyl (C=S) groups is 1. The lowest BCUT2D eigenvalue weighted by Gasteiger charge is -2.29. The quantitative estimate of drug-likeness (QED) is 0.463. The van der Waals surface area contributed by atoms with Crippen LogP contribution in [0.25, 0.3) is 6.08 Å². The van der Waals surface area contributed by atoms with Gasteiger partial charge in [0.05, 0.1) is 12.3 Å². The molecule has 2 aliphatic rings. The molecule has 0 bridgehead atoms. The van der Waals surface area contributed by atoms with Gasteiger partial charge in [-0.25, -0.2) is 0 Å². The van der Waals surface area contributed by atoms with Crippen molar-refractivity contribution in [3.05, 3.63) is 53.9 Å². The monoisotopic (exact) mass is 409 g/mol. The number of carbonyl (C=O) groups excluding carboxylic acids is 2. The maximum atomic E-state index is 13.1. The number of aromatic nitrogens is 1. The van der Waals surface area contributed by atoms with Crippen LogP contribution in [0.3, 0.4) is 0 Å². The van der Waals surface area contributed by atoms with E-state index in [0.717, 1.165) is 5.56 Å². The Kier molecular flexibility index (Phi) is 5.49. The molecule has 0 unspecified atom stereocenters. The van der Waals surface area contributed by atoms with E-state index in [1.54, 1.807) is 24.3 Å². The molecule has 0 atom stereocenters. The van der Waals surface area contributed by atoms with E-state index in [2.05, 4.69) is 9.88 Å². The summed E-state index contributed by atoms with van der Waals surface area (Å²) in [6.45, 7) is 2.41. The number of hydrogen-bond donors (Lipinski definition) is 1. The lowest BCUT2D eigenvalue weighted by molar-refractivity contribution is -0.122. The second-order valence-electron chi connectivity index (χ2n) is 7.22. The Balaban J connectivity index is 1.63. The third kappa shape index (κ3) is 3.96. The highest BCUT2D eigenvalue weighted by Gasteiger charge is 2.34. The minimum atomic E-state index is -0.481. The molecule has 2 amide bonds. The normalized spacial score (nSPS) is 19.1. The van der Waals surface area contributed by atoms with Crippen molar-refractivity contribution in [3.8, 4) is 5.75 Å². The molecule has 29 heavy (non-hydrogen) atoms. The summed E-state index contributed by atoms with van der Waals surface area (Å²) in [6.07, 6.45) is 10.5. The number of benzene rings is 1. The zero-order chi connectivity index (χ0) is 20.4. The zero-order valence-corrected chi connectivity index (χ0v) is 17.1. The smallest absolute Gasteiger partial charge is 0.270 e. The van der Waals surface area contributed by atoms with Crippen molar-refractivity contribution in [2.24, 2.45) is 0 Å². The van der Waals surface area contributed by atoms with Gasteiger partial charge < -0.3 is 9.30 Å². The van der Waals surface area contributed by atoms with Gasteiger partial charge >= 0.3 is 0 Å². The van der Waals surface area contributed by atoms with Crippen LogP contribution in [0.5, 0.6) is 5.75 Å². The summed E-state index contributed by atoms with van der Waals surface area (Å²) in [5.41, 5.74) is 1.44. The topological polar surface area (TPSA) is 63.6 Å². The average Bonchev–Trinajstić information content (AvgIpc) is 3.37. The number of amides is 2. The van der Waals surface area contributed by atoms with Gasteiger partial charge in [-0.3, -0.25) is 19.8 Å². The van der Waals surface area contributed by atoms with Crippen molar-refractivity contribution in [3.63, 3.8) is 0 Å². The van der Waals surface area contributed by atoms with Gasteiger partial charge in [-0.1, -0.05) is 18.9 Å². The molecule has 2 heterocycles. The van der Waals surface area contributed by atoms with Crippen LogP contribution in [0.4, 0.5) is 5.69 Å². The minimum absolute atomic E-state index is 0.0598. The molecule has 4 rings (SSSR count). The Bertz CT molecular complexity index is 989. The lowest BCUT2D eigenvalue weighted by Crippen LogP contribution is -2.54. The maximum Gasteiger partial charge on any atom is 0.270 e. The number of hydrogen-bond acceptors (Lipinski definition) is 4. The average molecular weight is 410 g/mol. The van der Waals surface area contributed by atoms with Gasteiger partial charge in [0.25, 0.3) is 11.8 Å². The molecule has 1 aliphatic heterocycles. The molecule has 1 saturated heterocycles. The lowest BCUT2D eigenvalue weighted by atomic mass is 10.1. The van der Waals surface area contributed by atoms with Crippen molar-refractivity contribution in [1.29, 1.82) is 0 Å². The van der Waals surface area contributed by atoms with E-state index in [1.165, 1.54) is 30.6 Å². The van der Waals surface area contributed by atoms with Gasteiger partial charge in [0, 0.05) is 24.5 Å². The molecular weight excluding hydrogens is 386 g/mol. The maximum absolute atomic E-state index is 13.1. The summed E-state index contributed by atoms with van der Waals surface area (Å²) in [4.78, 5) is 27.0. The highest BCUT2D eigenvalue weighted by molar-refractivity contribution is 7.80. The molecule has 1 saturated carbocycles. The summed E-state index contributed by atoms with van der Waals surface area (Å²) >= 11 is 5.27. The van der Waals surface area contributed by atoms with Crippen molar-refractivity contribution in [2.75, 3.05) is 11.5 Å². The van der Waals surface area contributed by atoms with Crippen molar-refractivity contribution in [1.82, 2.24) is 9.88 Å². The van der Waals surface area contributed by atoms with Crippen LogP contribution < -0.4 is 15.0 Å². The van der Waals surface area contributed by atoms with Crippen LogP contribution in [0.2, 0.25) is 0 Å². The van der Waals surface area contributed by atoms with E-state index in [1.807, 2.05) is 31.5 Å². The third-order valence-electron chi connectivity index (χ3n) is 5.28. The Morgan fingerprint density at radius 1 is 1.24 bits per heavy atom. The van der Waals surface area contributed by atoms with Crippen LogP contribution in [0, 0.1) is 0 Å². The first-order valence-corrected chi connectivity index (χ1v) is 10.3. The predicted octanol–water partition coefficient (Wildman–Crippen LogP) is 3.83. The van der Waals surface area contributed by atoms with Crippen LogP contribution in [0.15, 0.2) is 48.3 Å². The van der Waals surface area contributed by atoms with E-state index in [4.69, 9.17) is 17.0 Å². The fraction of sp³-hybridized carbons (Fsp3) is 0.318. The molecule has 2 aromatic rings. The summed E-state index contributed by atoms with van der Waals surface area (Å²) in [6, 6.07) is 9.53. The van der Waals surface area contributed by atoms with E-state index < -0.39 is 11.8 Å². The number of carbonyl (C=O) groups is 2. The first kappa shape index (κ1) is 19.4. The van der Waals surface area contributed by atoms with E-state index in [9.17, 15) is 9.59 Å². The number of rotatable bonds is 5. The van der Waals surface area contributed by atoms with Gasteiger partial charge in [0.1, 0.15) is 11.3 Å². The van der Waals surface area contributed by atoms with Gasteiger partial charge in [0.15, 0.2) is 5.11 Å². The number of nitrogens with one attached hydrogen (secondary N) is 1. The third-order valence-corrected chi connectivity index (χ3v) is 5.57. The molecular formula is C22H23N3O3S. The Hall–Kier alpha value is -2.93. The van der Waals surface area contributed by atoms with E-state index in [0.29, 0.717) is 24.1 Å². The fourth-order valence-corrected chi connectivity index (χ4v) is 4.16. The largest absolute Gasteiger partial charge is 0.494 e. The molecule has 0 spiro atoms. The molecule has 7 heteroatoms. The zero-order valence-electron chi connectivity index (χ0n) is 16.3. The number of anilines is 1. The van der Waals surface area contributed by atoms with Crippen molar-refractivity contribution >= 4 is 40.9 Å². The molecule has 0 radical (unpaired) electrons. The number of nitrogens with zero attached hydrogens (tertiary/aromatic N) is 2. The summed E-state index contributed by atoms with van der Waals surface area (Å²) in [5, 5.41) is 2.69. The summed E-state index contributed by atoms with van der Waals surface area (Å²) < 4.78 is 7.70. The van der Waals surface area contributed by atoms with Crippen molar-refractivity contribution in [2.45, 2.75) is 38.6 Å². The minimum Gasteiger partial charge on any atom is -0.494 e. The second-order valence-corrected chi connectivity index (χ2v) is 7.61. The molecule has 1 N–H and O–H groups in total. The summed E-state index contributed by atoms with van der Waals surface area (Å²) in [7, 11) is 0. The molecule has 150 valence electrons. The van der Waals surface area contributed by atoms with E-state index >= 15 is 0 Å². The highest BCUT2D eigenvalue weighted by atomic mass is 32.1. The Morgan fingerprint density at radius 3 is 2.79 bits per heavy atom. The second kappa shape index (κ2) is 8.21. The van der Waals surface area contributed by atoms with Gasteiger partial charge in [-0.2, -0.15) is 0 Å². The fourth-order valence-electron chi connectivity index (χ4n) is 3.88. The molecule has 6 nitrogen and oxygen atoms in total. The molecule has 1 aromatic carbocycles. The van der Waals surface area contributed by atoms with Crippen LogP contribution in [-0.2, 0) is 9.59 Å². The molecule has 1 aromatic heterocycles. The molecule has 1 aliphatic carbocycles. The Morgan fingerprint density at radius 2 is 2.03 bits per heavy atom. The highest BCUT2D eigenvalue weighted by Crippen LogP contribution is 2.30. The van der Waals surface area contributed by atoms with Crippen molar-refractivity contribution < 1.29 is 14.3 Å². The van der Waals surface area contributed by atoms with Gasteiger partial charge in [-0.15, -0.1) is 0 Å². The number of ether oxygens (including phenoxy) is 1. The van der Waals surface area contributed by atoms with Gasteiger partial charge in [-0.05, 0) is 61.8 Å². The summed E-state index contributed by atoms with van der Waals surface area (Å²) in [5.74, 6) is -0.288. The van der Waals surface area contributed by atoms with Gasteiger partial charge in [0.2, 0.25) is 0 Å². The Labute approximate surface area is 175 Å². The standard InChI is InChI=1S/C22H23N3O3S/c1-2-28-18-9-5-8-17(13-18)25-21(27)19(20(26)23-22(25)29)12-15-10-11-24(14-15)16-6-3-4-7-16/h5,8-14,16H,2-4,6-7H2,1H3,(H,23,26,29)/b19-12-. The first-order valence-electron chi connectivity index (χ1n) is 9.88. The van der Waals surface area contributed by atoms with Crippen LogP contribution in [-0.4, -0.2) is 28.1 Å². The molecule has 2 fully saturated rings. The first-order chi connectivity index (χ1) is 14.1. The SMILES string of the molecule is CCOc1cccc(N2C(=O)/C(=C\c3ccn(C4CCCC4)c3)C(=O)NC2=S)c1.